The second-order valence-corrected chi connectivity index (χ2v) is 3.56. The van der Waals surface area contributed by atoms with Crippen LogP contribution in [0.5, 0.6) is 0 Å². The zero-order valence-electron chi connectivity index (χ0n) is 7.74. The lowest BCUT2D eigenvalue weighted by Gasteiger charge is -2.11. The minimum Gasteiger partial charge on any atom is -0.375 e. The molecule has 1 aromatic heterocycles. The van der Waals surface area contributed by atoms with Crippen molar-refractivity contribution in [1.82, 2.24) is 5.32 Å². The molecule has 0 saturated carbocycles. The Bertz CT molecular complexity index is 259. The molecule has 0 aromatic carbocycles. The Kier molecular flexibility index (Phi) is 3.92. The predicted molar refractivity (Wildman–Crippen MR) is 52.8 cm³/mol. The molecule has 1 unspecified atom stereocenters. The van der Waals surface area contributed by atoms with Gasteiger partial charge in [0.25, 0.3) is 0 Å². The van der Waals surface area contributed by atoms with Crippen molar-refractivity contribution in [2.45, 2.75) is 13.0 Å². The molecule has 1 amide bonds. The zero-order chi connectivity index (χ0) is 9.68. The second kappa shape index (κ2) is 4.99. The lowest BCUT2D eigenvalue weighted by atomic mass is 10.2. The SMILES string of the molecule is COCC(=O)NC(C)c1ccsc1. The molecule has 0 aliphatic heterocycles. The maximum absolute atomic E-state index is 11.1. The van der Waals surface area contributed by atoms with E-state index in [4.69, 9.17) is 4.74 Å². The van der Waals surface area contributed by atoms with Gasteiger partial charge in [-0.3, -0.25) is 4.79 Å². The molecule has 0 aliphatic carbocycles. The van der Waals surface area contributed by atoms with Crippen molar-refractivity contribution < 1.29 is 9.53 Å². The van der Waals surface area contributed by atoms with Crippen molar-refractivity contribution in [3.63, 3.8) is 0 Å². The number of amides is 1. The van der Waals surface area contributed by atoms with Gasteiger partial charge in [0.05, 0.1) is 6.04 Å². The summed E-state index contributed by atoms with van der Waals surface area (Å²) in [6, 6.07) is 2.07. The van der Waals surface area contributed by atoms with Crippen LogP contribution in [0.2, 0.25) is 0 Å². The fraction of sp³-hybridized carbons (Fsp3) is 0.444. The highest BCUT2D eigenvalue weighted by atomic mass is 32.1. The first-order valence-electron chi connectivity index (χ1n) is 4.04. The number of rotatable bonds is 4. The lowest BCUT2D eigenvalue weighted by Crippen LogP contribution is -2.29. The van der Waals surface area contributed by atoms with Gasteiger partial charge in [-0.25, -0.2) is 0 Å². The van der Waals surface area contributed by atoms with E-state index in [2.05, 4.69) is 5.32 Å². The number of methoxy groups -OCH3 is 1. The van der Waals surface area contributed by atoms with Gasteiger partial charge in [0, 0.05) is 7.11 Å². The number of ether oxygens (including phenoxy) is 1. The van der Waals surface area contributed by atoms with E-state index in [0.29, 0.717) is 0 Å². The van der Waals surface area contributed by atoms with Gasteiger partial charge in [-0.1, -0.05) is 0 Å². The van der Waals surface area contributed by atoms with E-state index in [1.54, 1.807) is 11.3 Å². The van der Waals surface area contributed by atoms with Gasteiger partial charge in [0.15, 0.2) is 0 Å². The minimum absolute atomic E-state index is 0.0638. The first-order chi connectivity index (χ1) is 6.24. The van der Waals surface area contributed by atoms with Crippen LogP contribution in [0.4, 0.5) is 0 Å². The van der Waals surface area contributed by atoms with Crippen molar-refractivity contribution in [3.8, 4) is 0 Å². The normalized spacial score (nSPS) is 12.5. The molecule has 1 heterocycles. The molecule has 0 spiro atoms. The summed E-state index contributed by atoms with van der Waals surface area (Å²) in [7, 11) is 1.51. The van der Waals surface area contributed by atoms with Crippen molar-refractivity contribution in [2.24, 2.45) is 0 Å². The van der Waals surface area contributed by atoms with E-state index < -0.39 is 0 Å². The Morgan fingerprint density at radius 3 is 3.08 bits per heavy atom. The molecule has 13 heavy (non-hydrogen) atoms. The van der Waals surface area contributed by atoms with Gasteiger partial charge in [0.2, 0.25) is 5.91 Å². The van der Waals surface area contributed by atoms with E-state index in [1.165, 1.54) is 7.11 Å². The Morgan fingerprint density at radius 1 is 1.77 bits per heavy atom. The van der Waals surface area contributed by atoms with Crippen molar-refractivity contribution >= 4 is 17.2 Å². The molecule has 1 aromatic rings. The Labute approximate surface area is 81.7 Å². The fourth-order valence-corrected chi connectivity index (χ4v) is 1.77. The van der Waals surface area contributed by atoms with Crippen LogP contribution in [-0.4, -0.2) is 19.6 Å². The summed E-state index contributed by atoms with van der Waals surface area (Å²) in [6.07, 6.45) is 0. The summed E-state index contributed by atoms with van der Waals surface area (Å²) in [6.45, 7) is 2.07. The number of hydrogen-bond donors (Lipinski definition) is 1. The zero-order valence-corrected chi connectivity index (χ0v) is 8.56. The van der Waals surface area contributed by atoms with Gasteiger partial charge < -0.3 is 10.1 Å². The van der Waals surface area contributed by atoms with E-state index in [-0.39, 0.29) is 18.6 Å². The first kappa shape index (κ1) is 10.2. The number of carbonyl (C=O) groups excluding carboxylic acids is 1. The largest absolute Gasteiger partial charge is 0.375 e. The summed E-state index contributed by atoms with van der Waals surface area (Å²) in [5, 5.41) is 6.85. The number of carbonyl (C=O) groups is 1. The molecule has 1 atom stereocenters. The Hall–Kier alpha value is -0.870. The molecule has 1 rings (SSSR count). The quantitative estimate of drug-likeness (QED) is 0.799. The molecule has 0 aliphatic rings. The standard InChI is InChI=1S/C9H13NO2S/c1-7(8-3-4-13-6-8)10-9(11)5-12-2/h3-4,6-7H,5H2,1-2H3,(H,10,11). The smallest absolute Gasteiger partial charge is 0.246 e. The summed E-state index contributed by atoms with van der Waals surface area (Å²) in [5.74, 6) is -0.0822. The molecule has 3 nitrogen and oxygen atoms in total. The van der Waals surface area contributed by atoms with E-state index in [1.807, 2.05) is 23.8 Å². The van der Waals surface area contributed by atoms with Crippen LogP contribution in [-0.2, 0) is 9.53 Å². The maximum atomic E-state index is 11.1. The Balaban J connectivity index is 2.42. The van der Waals surface area contributed by atoms with Gasteiger partial charge >= 0.3 is 0 Å². The topological polar surface area (TPSA) is 38.3 Å². The van der Waals surface area contributed by atoms with Crippen LogP contribution in [0.25, 0.3) is 0 Å². The molecule has 0 fully saturated rings. The third-order valence-corrected chi connectivity index (χ3v) is 2.40. The molecule has 4 heteroatoms. The highest BCUT2D eigenvalue weighted by Crippen LogP contribution is 2.14. The molecular formula is C9H13NO2S. The average molecular weight is 199 g/mol. The van der Waals surface area contributed by atoms with Crippen molar-refractivity contribution in [2.75, 3.05) is 13.7 Å². The molecule has 0 bridgehead atoms. The number of hydrogen-bond acceptors (Lipinski definition) is 3. The van der Waals surface area contributed by atoms with Crippen molar-refractivity contribution in [1.29, 1.82) is 0 Å². The maximum Gasteiger partial charge on any atom is 0.246 e. The third kappa shape index (κ3) is 3.16. The van der Waals surface area contributed by atoms with E-state index in [0.717, 1.165) is 5.56 Å². The number of nitrogens with one attached hydrogen (secondary N) is 1. The van der Waals surface area contributed by atoms with Gasteiger partial charge in [-0.15, -0.1) is 0 Å². The second-order valence-electron chi connectivity index (χ2n) is 2.78. The molecular weight excluding hydrogens is 186 g/mol. The van der Waals surface area contributed by atoms with E-state index >= 15 is 0 Å². The predicted octanol–water partition coefficient (Wildman–Crippen LogP) is 1.57. The van der Waals surface area contributed by atoms with E-state index in [9.17, 15) is 4.79 Å². The fourth-order valence-electron chi connectivity index (χ4n) is 1.02. The first-order valence-corrected chi connectivity index (χ1v) is 4.98. The van der Waals surface area contributed by atoms with Gasteiger partial charge in [-0.2, -0.15) is 11.3 Å². The summed E-state index contributed by atoms with van der Waals surface area (Å²) in [4.78, 5) is 11.1. The summed E-state index contributed by atoms with van der Waals surface area (Å²) < 4.78 is 4.71. The van der Waals surface area contributed by atoms with Crippen molar-refractivity contribution in [3.05, 3.63) is 22.4 Å². The van der Waals surface area contributed by atoms with Gasteiger partial charge in [-0.05, 0) is 29.3 Å². The highest BCUT2D eigenvalue weighted by Gasteiger charge is 2.08. The van der Waals surface area contributed by atoms with Crippen LogP contribution >= 0.6 is 11.3 Å². The molecule has 0 radical (unpaired) electrons. The van der Waals surface area contributed by atoms with Crippen LogP contribution in [0, 0.1) is 0 Å². The summed E-state index contributed by atoms with van der Waals surface area (Å²) in [5.41, 5.74) is 1.13. The summed E-state index contributed by atoms with van der Waals surface area (Å²) >= 11 is 1.63. The average Bonchev–Trinajstić information content (AvgIpc) is 2.55. The lowest BCUT2D eigenvalue weighted by molar-refractivity contribution is -0.125. The van der Waals surface area contributed by atoms with Crippen LogP contribution in [0.15, 0.2) is 16.8 Å². The monoisotopic (exact) mass is 199 g/mol. The molecule has 0 saturated heterocycles. The molecule has 72 valence electrons. The van der Waals surface area contributed by atoms with Gasteiger partial charge in [0.1, 0.15) is 6.61 Å². The number of thiophene rings is 1. The minimum atomic E-state index is -0.0822. The molecule has 1 N–H and O–H groups in total. The third-order valence-electron chi connectivity index (χ3n) is 1.70. The highest BCUT2D eigenvalue weighted by molar-refractivity contribution is 7.07. The van der Waals surface area contributed by atoms with Crippen LogP contribution in [0.1, 0.15) is 18.5 Å². The van der Waals surface area contributed by atoms with Crippen LogP contribution in [0.3, 0.4) is 0 Å². The Morgan fingerprint density at radius 2 is 2.54 bits per heavy atom. The van der Waals surface area contributed by atoms with Crippen LogP contribution < -0.4 is 5.32 Å².